The Kier molecular flexibility index (Phi) is 3.27. The molecule has 1 heterocycles. The molecule has 0 saturated heterocycles. The summed E-state index contributed by atoms with van der Waals surface area (Å²) in [4.78, 5) is 11.1. The first-order chi connectivity index (χ1) is 11.2. The van der Waals surface area contributed by atoms with Crippen LogP contribution < -0.4 is 5.32 Å². The molecule has 3 aromatic carbocycles. The molecule has 0 aliphatic carbocycles. The van der Waals surface area contributed by atoms with Gasteiger partial charge in [0.25, 0.3) is 0 Å². The second-order valence-electron chi connectivity index (χ2n) is 5.98. The molecule has 3 aromatic rings. The summed E-state index contributed by atoms with van der Waals surface area (Å²) in [5, 5.41) is 14.5. The zero-order valence-corrected chi connectivity index (χ0v) is 12.7. The first-order valence-corrected chi connectivity index (χ1v) is 7.85. The van der Waals surface area contributed by atoms with E-state index in [1.54, 1.807) is 12.1 Å². The van der Waals surface area contributed by atoms with Gasteiger partial charge in [0.2, 0.25) is 0 Å². The standard InChI is InChI=1S/C20H17NO2/c22-20(23)18-6-5-14-10-13(3-4-15(14)12-18)16-7-8-19-17(11-16)2-1-9-21-19/h3-8,10-12,21H,1-2,9H2,(H,22,23). The first-order valence-electron chi connectivity index (χ1n) is 7.85. The third-order valence-electron chi connectivity index (χ3n) is 4.46. The van der Waals surface area contributed by atoms with Gasteiger partial charge in [0, 0.05) is 12.2 Å². The Morgan fingerprint density at radius 3 is 2.52 bits per heavy atom. The fourth-order valence-electron chi connectivity index (χ4n) is 3.21. The van der Waals surface area contributed by atoms with Crippen LogP contribution >= 0.6 is 0 Å². The molecule has 0 saturated carbocycles. The summed E-state index contributed by atoms with van der Waals surface area (Å²) in [5.74, 6) is -0.891. The topological polar surface area (TPSA) is 49.3 Å². The second kappa shape index (κ2) is 5.43. The highest BCUT2D eigenvalue weighted by Crippen LogP contribution is 2.30. The van der Waals surface area contributed by atoms with Gasteiger partial charge in [0.1, 0.15) is 0 Å². The van der Waals surface area contributed by atoms with Crippen LogP contribution in [0.3, 0.4) is 0 Å². The third kappa shape index (κ3) is 2.55. The number of carboxylic acids is 1. The number of nitrogens with one attached hydrogen (secondary N) is 1. The van der Waals surface area contributed by atoms with Crippen LogP contribution in [-0.2, 0) is 6.42 Å². The minimum absolute atomic E-state index is 0.324. The lowest BCUT2D eigenvalue weighted by Crippen LogP contribution is -2.11. The molecule has 1 aliphatic heterocycles. The lowest BCUT2D eigenvalue weighted by molar-refractivity contribution is 0.0697. The molecule has 3 nitrogen and oxygen atoms in total. The minimum atomic E-state index is -0.891. The van der Waals surface area contributed by atoms with E-state index in [0.717, 1.165) is 29.3 Å². The molecule has 0 atom stereocenters. The molecular weight excluding hydrogens is 286 g/mol. The van der Waals surface area contributed by atoms with E-state index >= 15 is 0 Å². The predicted octanol–water partition coefficient (Wildman–Crippen LogP) is 4.56. The summed E-state index contributed by atoms with van der Waals surface area (Å²) in [7, 11) is 0. The molecule has 0 bridgehead atoms. The van der Waals surface area contributed by atoms with Gasteiger partial charge in [-0.25, -0.2) is 4.79 Å². The Bertz CT molecular complexity index is 915. The number of aryl methyl sites for hydroxylation is 1. The van der Waals surface area contributed by atoms with Crippen LogP contribution in [0.25, 0.3) is 21.9 Å². The fraction of sp³-hybridized carbons (Fsp3) is 0.150. The summed E-state index contributed by atoms with van der Waals surface area (Å²) in [6.45, 7) is 1.05. The highest BCUT2D eigenvalue weighted by atomic mass is 16.4. The van der Waals surface area contributed by atoms with Crippen LogP contribution in [0.15, 0.2) is 54.6 Å². The molecule has 0 radical (unpaired) electrons. The van der Waals surface area contributed by atoms with Crippen LogP contribution in [0.5, 0.6) is 0 Å². The van der Waals surface area contributed by atoms with Crippen molar-refractivity contribution in [1.29, 1.82) is 0 Å². The van der Waals surface area contributed by atoms with Crippen molar-refractivity contribution in [3.05, 3.63) is 65.7 Å². The number of carbonyl (C=O) groups is 1. The van der Waals surface area contributed by atoms with Gasteiger partial charge in [-0.1, -0.05) is 24.3 Å². The Labute approximate surface area is 134 Å². The number of rotatable bonds is 2. The molecule has 0 unspecified atom stereocenters. The molecule has 1 aliphatic rings. The molecule has 0 amide bonds. The van der Waals surface area contributed by atoms with Gasteiger partial charge >= 0.3 is 5.97 Å². The monoisotopic (exact) mass is 303 g/mol. The first kappa shape index (κ1) is 13.8. The second-order valence-corrected chi connectivity index (χ2v) is 5.98. The summed E-state index contributed by atoms with van der Waals surface area (Å²) in [6.07, 6.45) is 2.29. The van der Waals surface area contributed by atoms with E-state index < -0.39 is 5.97 Å². The van der Waals surface area contributed by atoms with Crippen molar-refractivity contribution in [3.8, 4) is 11.1 Å². The number of anilines is 1. The van der Waals surface area contributed by atoms with E-state index in [-0.39, 0.29) is 0 Å². The van der Waals surface area contributed by atoms with Gasteiger partial charge in [-0.2, -0.15) is 0 Å². The highest BCUT2D eigenvalue weighted by molar-refractivity contribution is 5.95. The molecule has 3 heteroatoms. The van der Waals surface area contributed by atoms with E-state index in [2.05, 4.69) is 35.6 Å². The van der Waals surface area contributed by atoms with Crippen molar-refractivity contribution < 1.29 is 9.90 Å². The molecule has 4 rings (SSSR count). The Hall–Kier alpha value is -2.81. The maximum Gasteiger partial charge on any atom is 0.335 e. The summed E-state index contributed by atoms with van der Waals surface area (Å²) >= 11 is 0. The number of carboxylic acid groups (broad SMARTS) is 1. The van der Waals surface area contributed by atoms with Crippen LogP contribution in [0.1, 0.15) is 22.3 Å². The van der Waals surface area contributed by atoms with E-state index in [4.69, 9.17) is 5.11 Å². The molecule has 0 spiro atoms. The van der Waals surface area contributed by atoms with E-state index in [0.29, 0.717) is 5.56 Å². The Balaban J connectivity index is 1.77. The number of hydrogen-bond donors (Lipinski definition) is 2. The maximum atomic E-state index is 11.1. The molecule has 0 aromatic heterocycles. The van der Waals surface area contributed by atoms with Gasteiger partial charge in [-0.3, -0.25) is 0 Å². The fourth-order valence-corrected chi connectivity index (χ4v) is 3.21. The van der Waals surface area contributed by atoms with E-state index in [1.807, 2.05) is 12.1 Å². The predicted molar refractivity (Wildman–Crippen MR) is 93.2 cm³/mol. The zero-order chi connectivity index (χ0) is 15.8. The smallest absolute Gasteiger partial charge is 0.335 e. The average Bonchev–Trinajstić information content (AvgIpc) is 2.60. The quantitative estimate of drug-likeness (QED) is 0.729. The molecule has 114 valence electrons. The lowest BCUT2D eigenvalue weighted by Gasteiger charge is -2.18. The van der Waals surface area contributed by atoms with Crippen molar-refractivity contribution in [1.82, 2.24) is 0 Å². The minimum Gasteiger partial charge on any atom is -0.478 e. The number of fused-ring (bicyclic) bond motifs is 2. The van der Waals surface area contributed by atoms with Crippen molar-refractivity contribution in [2.45, 2.75) is 12.8 Å². The third-order valence-corrected chi connectivity index (χ3v) is 4.46. The maximum absolute atomic E-state index is 11.1. The van der Waals surface area contributed by atoms with Gasteiger partial charge in [0.15, 0.2) is 0 Å². The Morgan fingerprint density at radius 2 is 1.65 bits per heavy atom. The number of benzene rings is 3. The van der Waals surface area contributed by atoms with E-state index in [1.165, 1.54) is 23.2 Å². The highest BCUT2D eigenvalue weighted by Gasteiger charge is 2.10. The molecule has 2 N–H and O–H groups in total. The van der Waals surface area contributed by atoms with Crippen molar-refractivity contribution in [3.63, 3.8) is 0 Å². The van der Waals surface area contributed by atoms with E-state index in [9.17, 15) is 4.79 Å². The largest absolute Gasteiger partial charge is 0.478 e. The lowest BCUT2D eigenvalue weighted by atomic mass is 9.95. The number of hydrogen-bond acceptors (Lipinski definition) is 2. The van der Waals surface area contributed by atoms with Crippen LogP contribution in [0.4, 0.5) is 5.69 Å². The summed E-state index contributed by atoms with van der Waals surface area (Å²) < 4.78 is 0. The average molecular weight is 303 g/mol. The van der Waals surface area contributed by atoms with Crippen molar-refractivity contribution >= 4 is 22.4 Å². The SMILES string of the molecule is O=C(O)c1ccc2cc(-c3ccc4c(c3)CCCN4)ccc2c1. The van der Waals surface area contributed by atoms with Crippen molar-refractivity contribution in [2.75, 3.05) is 11.9 Å². The summed E-state index contributed by atoms with van der Waals surface area (Å²) in [6, 6.07) is 18.0. The van der Waals surface area contributed by atoms with Gasteiger partial charge in [0.05, 0.1) is 5.56 Å². The number of aromatic carboxylic acids is 1. The van der Waals surface area contributed by atoms with Crippen LogP contribution in [0, 0.1) is 0 Å². The summed E-state index contributed by atoms with van der Waals surface area (Å²) in [5.41, 5.74) is 5.30. The zero-order valence-electron chi connectivity index (χ0n) is 12.7. The molecule has 23 heavy (non-hydrogen) atoms. The molecule has 0 fully saturated rings. The van der Waals surface area contributed by atoms with Gasteiger partial charge < -0.3 is 10.4 Å². The van der Waals surface area contributed by atoms with Gasteiger partial charge in [-0.05, 0) is 70.6 Å². The van der Waals surface area contributed by atoms with Gasteiger partial charge in [-0.15, -0.1) is 0 Å². The normalized spacial score (nSPS) is 13.4. The Morgan fingerprint density at radius 1 is 0.913 bits per heavy atom. The molecular formula is C20H17NO2. The van der Waals surface area contributed by atoms with Crippen molar-refractivity contribution in [2.24, 2.45) is 0 Å². The van der Waals surface area contributed by atoms with Crippen LogP contribution in [0.2, 0.25) is 0 Å². The van der Waals surface area contributed by atoms with Crippen LogP contribution in [-0.4, -0.2) is 17.6 Å².